The van der Waals surface area contributed by atoms with Crippen molar-refractivity contribution < 1.29 is 14.3 Å². The number of amides is 1. The van der Waals surface area contributed by atoms with E-state index in [1.165, 1.54) is 0 Å². The number of methoxy groups -OCH3 is 1. The van der Waals surface area contributed by atoms with Gasteiger partial charge in [-0.05, 0) is 50.8 Å². The molecule has 39 heavy (non-hydrogen) atoms. The van der Waals surface area contributed by atoms with E-state index in [2.05, 4.69) is 40.8 Å². The lowest BCUT2D eigenvalue weighted by Gasteiger charge is -2.38. The van der Waals surface area contributed by atoms with Crippen LogP contribution in [0.2, 0.25) is 0 Å². The van der Waals surface area contributed by atoms with Crippen LogP contribution in [0.15, 0.2) is 36.9 Å². The zero-order valence-corrected chi connectivity index (χ0v) is 23.2. The van der Waals surface area contributed by atoms with E-state index in [-0.39, 0.29) is 24.6 Å². The summed E-state index contributed by atoms with van der Waals surface area (Å²) in [7, 11) is 1.64. The standard InChI is InChI=1S/C29H39N7O3/c1-5-11-31-29(37)18-39-26-10-9-22(38-4)14-23(26)20(3)35-12-7-6-8-25(35)24-15-28-32-27(34-16-21(30)17-34)13-19(2)36(28)33-24/h9-10,13-15,21,25H,3,5-8,11-12,16-18,30H2,1-2,4H3,(H,31,37). The number of carbonyl (C=O) groups is 1. The normalized spacial score (nSPS) is 17.7. The summed E-state index contributed by atoms with van der Waals surface area (Å²) >= 11 is 0. The highest BCUT2D eigenvalue weighted by Crippen LogP contribution is 2.40. The molecule has 2 fully saturated rings. The van der Waals surface area contributed by atoms with Crippen molar-refractivity contribution in [1.29, 1.82) is 0 Å². The molecule has 0 saturated carbocycles. The molecule has 0 bridgehead atoms. The summed E-state index contributed by atoms with van der Waals surface area (Å²) in [4.78, 5) is 21.6. The lowest BCUT2D eigenvalue weighted by atomic mass is 9.97. The van der Waals surface area contributed by atoms with Gasteiger partial charge in [-0.1, -0.05) is 13.5 Å². The summed E-state index contributed by atoms with van der Waals surface area (Å²) in [5.41, 5.74) is 10.5. The number of rotatable bonds is 10. The van der Waals surface area contributed by atoms with E-state index < -0.39 is 0 Å². The second kappa shape index (κ2) is 11.5. The predicted molar refractivity (Wildman–Crippen MR) is 152 cm³/mol. The summed E-state index contributed by atoms with van der Waals surface area (Å²) in [5, 5.41) is 7.84. The van der Waals surface area contributed by atoms with Crippen LogP contribution < -0.4 is 25.4 Å². The van der Waals surface area contributed by atoms with E-state index in [1.54, 1.807) is 7.11 Å². The zero-order valence-electron chi connectivity index (χ0n) is 23.2. The molecule has 1 aromatic carbocycles. The zero-order chi connectivity index (χ0) is 27.5. The Hall–Kier alpha value is -3.79. The Morgan fingerprint density at radius 3 is 2.79 bits per heavy atom. The molecule has 3 aromatic rings. The summed E-state index contributed by atoms with van der Waals surface area (Å²) in [6.45, 7) is 11.6. The predicted octanol–water partition coefficient (Wildman–Crippen LogP) is 3.30. The van der Waals surface area contributed by atoms with Gasteiger partial charge in [-0.15, -0.1) is 0 Å². The minimum absolute atomic E-state index is 0.0418. The van der Waals surface area contributed by atoms with Crippen molar-refractivity contribution in [2.45, 2.75) is 51.6 Å². The maximum absolute atomic E-state index is 12.2. The SMILES string of the molecule is C=C(c1cc(OC)ccc1OCC(=O)NCCC)N1CCCCC1c1cc2nc(N3CC(N)C3)cc(C)n2n1. The van der Waals surface area contributed by atoms with Crippen LogP contribution in [0.4, 0.5) is 5.82 Å². The van der Waals surface area contributed by atoms with Gasteiger partial charge in [0.1, 0.15) is 17.3 Å². The number of aryl methyl sites for hydroxylation is 1. The molecule has 3 N–H and O–H groups in total. The second-order valence-corrected chi connectivity index (χ2v) is 10.4. The van der Waals surface area contributed by atoms with Crippen molar-refractivity contribution in [2.24, 2.45) is 5.73 Å². The van der Waals surface area contributed by atoms with Crippen LogP contribution in [0.3, 0.4) is 0 Å². The van der Waals surface area contributed by atoms with Gasteiger partial charge >= 0.3 is 0 Å². The Bertz CT molecular complexity index is 1350. The van der Waals surface area contributed by atoms with E-state index >= 15 is 0 Å². The minimum Gasteiger partial charge on any atom is -0.497 e. The second-order valence-electron chi connectivity index (χ2n) is 10.4. The molecule has 1 unspecified atom stereocenters. The highest BCUT2D eigenvalue weighted by atomic mass is 16.5. The van der Waals surface area contributed by atoms with Crippen molar-refractivity contribution in [3.05, 3.63) is 53.9 Å². The van der Waals surface area contributed by atoms with Gasteiger partial charge in [0.15, 0.2) is 12.3 Å². The van der Waals surface area contributed by atoms with Gasteiger partial charge in [0.05, 0.1) is 18.8 Å². The quantitative estimate of drug-likeness (QED) is 0.409. The third kappa shape index (κ3) is 5.66. The molecule has 0 aliphatic carbocycles. The van der Waals surface area contributed by atoms with E-state index in [4.69, 9.17) is 25.3 Å². The highest BCUT2D eigenvalue weighted by Gasteiger charge is 2.30. The number of aromatic nitrogens is 3. The summed E-state index contributed by atoms with van der Waals surface area (Å²) in [5.74, 6) is 2.10. The van der Waals surface area contributed by atoms with Gasteiger partial charge in [-0.3, -0.25) is 4.79 Å². The summed E-state index contributed by atoms with van der Waals surface area (Å²) in [6.07, 6.45) is 3.98. The Morgan fingerprint density at radius 2 is 2.05 bits per heavy atom. The van der Waals surface area contributed by atoms with Gasteiger partial charge < -0.3 is 30.3 Å². The third-order valence-electron chi connectivity index (χ3n) is 7.46. The van der Waals surface area contributed by atoms with E-state index in [0.717, 1.165) is 79.4 Å². The van der Waals surface area contributed by atoms with Crippen molar-refractivity contribution in [3.8, 4) is 11.5 Å². The molecular formula is C29H39N7O3. The molecule has 208 valence electrons. The van der Waals surface area contributed by atoms with Crippen LogP contribution in [0.5, 0.6) is 11.5 Å². The fraction of sp³-hybridized carbons (Fsp3) is 0.483. The smallest absolute Gasteiger partial charge is 0.257 e. The monoisotopic (exact) mass is 533 g/mol. The number of hydrogen-bond acceptors (Lipinski definition) is 8. The van der Waals surface area contributed by atoms with Crippen molar-refractivity contribution in [3.63, 3.8) is 0 Å². The van der Waals surface area contributed by atoms with Crippen LogP contribution in [-0.4, -0.2) is 71.3 Å². The topological polar surface area (TPSA) is 110 Å². The van der Waals surface area contributed by atoms with Gasteiger partial charge in [0.2, 0.25) is 0 Å². The van der Waals surface area contributed by atoms with Crippen molar-refractivity contribution in [2.75, 3.05) is 44.8 Å². The number of ether oxygens (including phenoxy) is 2. The molecule has 5 rings (SSSR count). The molecule has 0 radical (unpaired) electrons. The molecule has 2 aromatic heterocycles. The molecule has 4 heterocycles. The Morgan fingerprint density at radius 1 is 1.23 bits per heavy atom. The molecule has 1 amide bonds. The fourth-order valence-electron chi connectivity index (χ4n) is 5.31. The van der Waals surface area contributed by atoms with E-state index in [1.807, 2.05) is 29.6 Å². The van der Waals surface area contributed by atoms with Gasteiger partial charge in [0.25, 0.3) is 5.91 Å². The lowest BCUT2D eigenvalue weighted by molar-refractivity contribution is -0.123. The number of piperidine rings is 1. The number of nitrogens with one attached hydrogen (secondary N) is 1. The molecule has 2 aliphatic heterocycles. The average molecular weight is 534 g/mol. The van der Waals surface area contributed by atoms with Crippen LogP contribution in [0.1, 0.15) is 55.6 Å². The van der Waals surface area contributed by atoms with Crippen molar-refractivity contribution >= 4 is 23.1 Å². The van der Waals surface area contributed by atoms with E-state index in [0.29, 0.717) is 18.0 Å². The molecule has 2 aliphatic rings. The number of nitrogens with two attached hydrogens (primary N) is 1. The maximum atomic E-state index is 12.2. The number of likely N-dealkylation sites (tertiary alicyclic amines) is 1. The molecule has 10 nitrogen and oxygen atoms in total. The third-order valence-corrected chi connectivity index (χ3v) is 7.46. The first-order chi connectivity index (χ1) is 18.9. The first-order valence-corrected chi connectivity index (χ1v) is 13.8. The Kier molecular flexibility index (Phi) is 7.92. The summed E-state index contributed by atoms with van der Waals surface area (Å²) < 4.78 is 13.4. The molecule has 1 atom stereocenters. The number of carbonyl (C=O) groups excluding carboxylic acids is 1. The first-order valence-electron chi connectivity index (χ1n) is 13.8. The number of hydrogen-bond donors (Lipinski definition) is 2. The highest BCUT2D eigenvalue weighted by molar-refractivity contribution is 5.78. The average Bonchev–Trinajstić information content (AvgIpc) is 3.37. The number of fused-ring (bicyclic) bond motifs is 1. The number of anilines is 1. The van der Waals surface area contributed by atoms with Crippen molar-refractivity contribution in [1.82, 2.24) is 24.8 Å². The van der Waals surface area contributed by atoms with Crippen LogP contribution in [0, 0.1) is 6.92 Å². The first kappa shape index (κ1) is 26.8. The fourth-order valence-corrected chi connectivity index (χ4v) is 5.31. The number of nitrogens with zero attached hydrogens (tertiary/aromatic N) is 5. The maximum Gasteiger partial charge on any atom is 0.257 e. The van der Waals surface area contributed by atoms with E-state index in [9.17, 15) is 4.79 Å². The summed E-state index contributed by atoms with van der Waals surface area (Å²) in [6, 6.07) is 10.0. The number of benzene rings is 1. The molecule has 10 heteroatoms. The lowest BCUT2D eigenvalue weighted by Crippen LogP contribution is -2.56. The minimum atomic E-state index is -0.146. The molecule has 2 saturated heterocycles. The van der Waals surface area contributed by atoms with Gasteiger partial charge in [-0.25, -0.2) is 9.50 Å². The van der Waals surface area contributed by atoms with Crippen LogP contribution in [0.25, 0.3) is 11.3 Å². The largest absolute Gasteiger partial charge is 0.497 e. The van der Waals surface area contributed by atoms with Gasteiger partial charge in [-0.2, -0.15) is 5.10 Å². The molecule has 0 spiro atoms. The van der Waals surface area contributed by atoms with Crippen LogP contribution >= 0.6 is 0 Å². The van der Waals surface area contributed by atoms with Gasteiger partial charge in [0, 0.05) is 61.3 Å². The Balaban J connectivity index is 1.42. The molecular weight excluding hydrogens is 494 g/mol. The Labute approximate surface area is 229 Å². The van der Waals surface area contributed by atoms with Crippen LogP contribution in [-0.2, 0) is 4.79 Å².